The van der Waals surface area contributed by atoms with Gasteiger partial charge >= 0.3 is 12.1 Å². The molecule has 0 fully saturated rings. The summed E-state index contributed by atoms with van der Waals surface area (Å²) in [6.07, 6.45) is 5.91. The molecule has 2 aromatic carbocycles. The van der Waals surface area contributed by atoms with Crippen LogP contribution < -0.4 is 5.32 Å². The number of hydrogen-bond acceptors (Lipinski definition) is 4. The molecule has 3 rings (SSSR count). The number of nitrogens with zero attached hydrogens (tertiary/aromatic N) is 1. The van der Waals surface area contributed by atoms with Crippen LogP contribution >= 0.6 is 0 Å². The normalized spacial score (nSPS) is 11.7. The smallest absolute Gasteiger partial charge is 0.407 e. The first-order valence-electron chi connectivity index (χ1n) is 10.5. The number of carbonyl (C=O) groups excluding carboxylic acids is 2. The minimum Gasteiger partial charge on any atom is -0.480 e. The van der Waals surface area contributed by atoms with E-state index in [0.29, 0.717) is 19.4 Å². The third kappa shape index (κ3) is 5.67. The van der Waals surface area contributed by atoms with E-state index < -0.39 is 18.6 Å². The minimum atomic E-state index is -1.11. The first kappa shape index (κ1) is 22.9. The van der Waals surface area contributed by atoms with Crippen molar-refractivity contribution >= 4 is 18.0 Å². The van der Waals surface area contributed by atoms with Crippen LogP contribution in [-0.4, -0.2) is 54.2 Å². The van der Waals surface area contributed by atoms with Gasteiger partial charge in [0, 0.05) is 18.9 Å². The largest absolute Gasteiger partial charge is 0.480 e. The second-order valence-electron chi connectivity index (χ2n) is 7.56. The van der Waals surface area contributed by atoms with Crippen molar-refractivity contribution in [3.05, 3.63) is 59.7 Å². The average Bonchev–Trinajstić information content (AvgIpc) is 3.10. The lowest BCUT2D eigenvalue weighted by atomic mass is 9.98. The van der Waals surface area contributed by atoms with Crippen LogP contribution in [0.2, 0.25) is 0 Å². The second-order valence-corrected chi connectivity index (χ2v) is 7.56. The number of fused-ring (bicyclic) bond motifs is 3. The molecule has 2 N–H and O–H groups in total. The number of rotatable bonds is 10. The second kappa shape index (κ2) is 11.0. The molecule has 0 saturated carbocycles. The summed E-state index contributed by atoms with van der Waals surface area (Å²) in [4.78, 5) is 36.1. The number of carbonyl (C=O) groups is 3. The molecule has 1 aliphatic rings. The first-order valence-corrected chi connectivity index (χ1v) is 10.5. The number of terminal acetylenes is 1. The highest BCUT2D eigenvalue weighted by atomic mass is 16.5. The van der Waals surface area contributed by atoms with Gasteiger partial charge < -0.3 is 20.1 Å². The molecule has 0 saturated heterocycles. The molecule has 166 valence electrons. The zero-order valence-electron chi connectivity index (χ0n) is 17.8. The summed E-state index contributed by atoms with van der Waals surface area (Å²) in [5, 5.41) is 11.5. The van der Waals surface area contributed by atoms with Crippen molar-refractivity contribution < 1.29 is 24.2 Å². The van der Waals surface area contributed by atoms with Crippen LogP contribution in [0.15, 0.2) is 48.5 Å². The zero-order chi connectivity index (χ0) is 22.9. The van der Waals surface area contributed by atoms with E-state index >= 15 is 0 Å². The number of amides is 2. The Balaban J connectivity index is 1.41. The van der Waals surface area contributed by atoms with Crippen molar-refractivity contribution in [1.82, 2.24) is 10.2 Å². The number of alkyl carbamates (subject to hydrolysis) is 1. The van der Waals surface area contributed by atoms with Gasteiger partial charge in [0.1, 0.15) is 13.2 Å². The number of carboxylic acids is 1. The Bertz CT molecular complexity index is 981. The third-order valence-electron chi connectivity index (χ3n) is 5.39. The molecule has 2 aromatic rings. The summed E-state index contributed by atoms with van der Waals surface area (Å²) in [5.74, 6) is 0.871. The summed E-state index contributed by atoms with van der Waals surface area (Å²) in [7, 11) is 0. The molecule has 2 amide bonds. The van der Waals surface area contributed by atoms with Crippen molar-refractivity contribution in [3.8, 4) is 23.5 Å². The van der Waals surface area contributed by atoms with Gasteiger partial charge in [0.15, 0.2) is 0 Å². The Labute approximate surface area is 187 Å². The van der Waals surface area contributed by atoms with Crippen molar-refractivity contribution in [1.29, 1.82) is 0 Å². The molecular formula is C25H26N2O5. The van der Waals surface area contributed by atoms with Crippen LogP contribution in [0.25, 0.3) is 11.1 Å². The molecule has 7 nitrogen and oxygen atoms in total. The van der Waals surface area contributed by atoms with E-state index in [1.54, 1.807) is 0 Å². The molecule has 32 heavy (non-hydrogen) atoms. The van der Waals surface area contributed by atoms with Crippen LogP contribution in [0.4, 0.5) is 4.79 Å². The predicted molar refractivity (Wildman–Crippen MR) is 120 cm³/mol. The molecule has 0 heterocycles. The number of nitrogens with one attached hydrogen (secondary N) is 1. The SMILES string of the molecule is C#CCN(CC(=O)O)C(=O)CCCCNC(=O)OCC1c2ccccc2-c2ccccc21. The summed E-state index contributed by atoms with van der Waals surface area (Å²) in [5.41, 5.74) is 4.64. The van der Waals surface area contributed by atoms with Gasteiger partial charge in [0.05, 0.1) is 6.54 Å². The maximum absolute atomic E-state index is 12.1. The van der Waals surface area contributed by atoms with E-state index in [2.05, 4.69) is 35.5 Å². The first-order chi connectivity index (χ1) is 15.5. The number of benzene rings is 2. The summed E-state index contributed by atoms with van der Waals surface area (Å²) in [6.45, 7) is 0.150. The van der Waals surface area contributed by atoms with Gasteiger partial charge in [0.2, 0.25) is 5.91 Å². The monoisotopic (exact) mass is 434 g/mol. The van der Waals surface area contributed by atoms with Crippen LogP contribution in [0.5, 0.6) is 0 Å². The number of carboxylic acid groups (broad SMARTS) is 1. The third-order valence-corrected chi connectivity index (χ3v) is 5.39. The van der Waals surface area contributed by atoms with E-state index in [-0.39, 0.29) is 31.4 Å². The summed E-state index contributed by atoms with van der Waals surface area (Å²) >= 11 is 0. The Morgan fingerprint density at radius 2 is 1.66 bits per heavy atom. The van der Waals surface area contributed by atoms with Crippen LogP contribution in [-0.2, 0) is 14.3 Å². The Kier molecular flexibility index (Phi) is 7.87. The number of hydrogen-bond donors (Lipinski definition) is 2. The Morgan fingerprint density at radius 3 is 2.25 bits per heavy atom. The fourth-order valence-corrected chi connectivity index (χ4v) is 3.90. The van der Waals surface area contributed by atoms with Crippen molar-refractivity contribution in [3.63, 3.8) is 0 Å². The minimum absolute atomic E-state index is 0.00199. The molecular weight excluding hydrogens is 408 g/mol. The zero-order valence-corrected chi connectivity index (χ0v) is 17.8. The van der Waals surface area contributed by atoms with E-state index in [1.165, 1.54) is 11.1 Å². The number of aliphatic carboxylic acids is 1. The van der Waals surface area contributed by atoms with Crippen molar-refractivity contribution in [2.75, 3.05) is 26.2 Å². The van der Waals surface area contributed by atoms with Gasteiger partial charge in [-0.3, -0.25) is 9.59 Å². The van der Waals surface area contributed by atoms with Crippen LogP contribution in [0.3, 0.4) is 0 Å². The maximum Gasteiger partial charge on any atom is 0.407 e. The lowest BCUT2D eigenvalue weighted by molar-refractivity contribution is -0.144. The average molecular weight is 434 g/mol. The lowest BCUT2D eigenvalue weighted by Crippen LogP contribution is -2.36. The van der Waals surface area contributed by atoms with Crippen LogP contribution in [0, 0.1) is 12.3 Å². The van der Waals surface area contributed by atoms with Crippen LogP contribution in [0.1, 0.15) is 36.3 Å². The molecule has 0 spiro atoms. The highest BCUT2D eigenvalue weighted by Gasteiger charge is 2.28. The van der Waals surface area contributed by atoms with E-state index in [4.69, 9.17) is 16.3 Å². The van der Waals surface area contributed by atoms with E-state index in [9.17, 15) is 14.4 Å². The highest BCUT2D eigenvalue weighted by Crippen LogP contribution is 2.44. The molecule has 0 bridgehead atoms. The van der Waals surface area contributed by atoms with Gasteiger partial charge in [-0.15, -0.1) is 6.42 Å². The fourth-order valence-electron chi connectivity index (χ4n) is 3.90. The number of unbranched alkanes of at least 4 members (excludes halogenated alkanes) is 1. The van der Waals surface area contributed by atoms with E-state index in [1.807, 2.05) is 24.3 Å². The number of ether oxygens (including phenoxy) is 1. The molecule has 0 aromatic heterocycles. The van der Waals surface area contributed by atoms with Crippen molar-refractivity contribution in [2.24, 2.45) is 0 Å². The molecule has 1 aliphatic carbocycles. The van der Waals surface area contributed by atoms with Crippen molar-refractivity contribution in [2.45, 2.75) is 25.2 Å². The van der Waals surface area contributed by atoms with Gasteiger partial charge in [-0.2, -0.15) is 0 Å². The Hall–Kier alpha value is -3.79. The topological polar surface area (TPSA) is 95.9 Å². The molecule has 0 unspecified atom stereocenters. The molecule has 7 heteroatoms. The van der Waals surface area contributed by atoms with Gasteiger partial charge in [-0.25, -0.2) is 4.79 Å². The lowest BCUT2D eigenvalue weighted by Gasteiger charge is -2.17. The Morgan fingerprint density at radius 1 is 1.03 bits per heavy atom. The van der Waals surface area contributed by atoms with Gasteiger partial charge in [-0.1, -0.05) is 54.5 Å². The fraction of sp³-hybridized carbons (Fsp3) is 0.320. The summed E-state index contributed by atoms with van der Waals surface area (Å²) < 4.78 is 5.47. The molecule has 0 aliphatic heterocycles. The quantitative estimate of drug-likeness (QED) is 0.442. The van der Waals surface area contributed by atoms with E-state index in [0.717, 1.165) is 16.0 Å². The highest BCUT2D eigenvalue weighted by molar-refractivity contribution is 5.81. The standard InChI is InChI=1S/C25H26N2O5/c1-2-15-27(16-24(29)30)23(28)13-7-8-14-26-25(31)32-17-22-20-11-5-3-9-18(20)19-10-4-6-12-21(19)22/h1,3-6,9-12,22H,7-8,13-17H2,(H,26,31)(H,29,30). The predicted octanol–water partition coefficient (Wildman–Crippen LogP) is 3.24. The molecule has 0 atom stereocenters. The molecule has 0 radical (unpaired) electrons. The summed E-state index contributed by atoms with van der Waals surface area (Å²) in [6, 6.07) is 16.3. The van der Waals surface area contributed by atoms with Gasteiger partial charge in [-0.05, 0) is 35.1 Å². The maximum atomic E-state index is 12.1. The van der Waals surface area contributed by atoms with Gasteiger partial charge in [0.25, 0.3) is 0 Å².